The highest BCUT2D eigenvalue weighted by Crippen LogP contribution is 2.42. The van der Waals surface area contributed by atoms with Crippen molar-refractivity contribution < 1.29 is 9.59 Å². The average Bonchev–Trinajstić information content (AvgIpc) is 3.51. The Labute approximate surface area is 199 Å². The standard InChI is InChI=1S/C22H21Cl2N5O2S/c23-15-10-16(24)12-17(11-15)26-21(31)19(13-4-2-1-3-5-13)32-22-28-27-20(14-6-7-14)29(22)9-8-18(25)30/h1-5,10-12,14,19H,6-9H2,(H2,25,30)(H,26,31). The van der Waals surface area contributed by atoms with Crippen LogP contribution < -0.4 is 11.1 Å². The zero-order valence-corrected chi connectivity index (χ0v) is 19.3. The molecule has 1 heterocycles. The first-order valence-corrected chi connectivity index (χ1v) is 11.7. The van der Waals surface area contributed by atoms with Crippen molar-refractivity contribution in [3.63, 3.8) is 0 Å². The Balaban J connectivity index is 1.63. The van der Waals surface area contributed by atoms with E-state index in [4.69, 9.17) is 28.9 Å². The molecule has 32 heavy (non-hydrogen) atoms. The molecule has 1 fully saturated rings. The molecule has 2 amide bonds. The van der Waals surface area contributed by atoms with Crippen molar-refractivity contribution in [2.75, 3.05) is 5.32 Å². The molecule has 0 radical (unpaired) electrons. The predicted molar refractivity (Wildman–Crippen MR) is 126 cm³/mol. The Bertz CT molecular complexity index is 1110. The molecule has 1 aromatic heterocycles. The number of halogens is 2. The number of carbonyl (C=O) groups is 2. The third-order valence-corrected chi connectivity index (χ3v) is 6.63. The van der Waals surface area contributed by atoms with Crippen LogP contribution in [0.3, 0.4) is 0 Å². The lowest BCUT2D eigenvalue weighted by molar-refractivity contribution is -0.118. The van der Waals surface area contributed by atoms with Gasteiger partial charge in [0.15, 0.2) is 5.16 Å². The zero-order chi connectivity index (χ0) is 22.7. The van der Waals surface area contributed by atoms with Crippen LogP contribution in [0.4, 0.5) is 5.69 Å². The summed E-state index contributed by atoms with van der Waals surface area (Å²) >= 11 is 13.4. The molecule has 2 aromatic carbocycles. The van der Waals surface area contributed by atoms with Crippen LogP contribution in [-0.2, 0) is 16.1 Å². The molecule has 1 unspecified atom stereocenters. The molecule has 1 atom stereocenters. The Morgan fingerprint density at radius 3 is 2.44 bits per heavy atom. The van der Waals surface area contributed by atoms with Crippen molar-refractivity contribution in [2.24, 2.45) is 5.73 Å². The molecule has 4 rings (SSSR count). The fraction of sp³-hybridized carbons (Fsp3) is 0.273. The number of hydrogen-bond donors (Lipinski definition) is 2. The number of anilines is 1. The highest BCUT2D eigenvalue weighted by atomic mass is 35.5. The summed E-state index contributed by atoms with van der Waals surface area (Å²) in [5.74, 6) is 0.522. The van der Waals surface area contributed by atoms with E-state index in [-0.39, 0.29) is 12.3 Å². The lowest BCUT2D eigenvalue weighted by atomic mass is 10.1. The fourth-order valence-corrected chi connectivity index (χ4v) is 4.90. The van der Waals surface area contributed by atoms with Crippen molar-refractivity contribution >= 4 is 52.5 Å². The minimum Gasteiger partial charge on any atom is -0.370 e. The summed E-state index contributed by atoms with van der Waals surface area (Å²) in [5.41, 5.74) is 6.67. The summed E-state index contributed by atoms with van der Waals surface area (Å²) in [4.78, 5) is 24.7. The number of carbonyl (C=O) groups excluding carboxylic acids is 2. The number of benzene rings is 2. The first-order chi connectivity index (χ1) is 15.4. The third kappa shape index (κ3) is 5.62. The molecule has 0 saturated heterocycles. The maximum Gasteiger partial charge on any atom is 0.242 e. The van der Waals surface area contributed by atoms with E-state index >= 15 is 0 Å². The normalized spacial score (nSPS) is 14.2. The number of nitrogens with two attached hydrogens (primary N) is 1. The zero-order valence-electron chi connectivity index (χ0n) is 17.0. The lowest BCUT2D eigenvalue weighted by Gasteiger charge is -2.18. The summed E-state index contributed by atoms with van der Waals surface area (Å²) in [6, 6.07) is 14.3. The number of amides is 2. The van der Waals surface area contributed by atoms with Crippen LogP contribution in [0.2, 0.25) is 10.0 Å². The molecule has 3 N–H and O–H groups in total. The van der Waals surface area contributed by atoms with Gasteiger partial charge in [-0.1, -0.05) is 65.3 Å². The topological polar surface area (TPSA) is 103 Å². The van der Waals surface area contributed by atoms with Crippen molar-refractivity contribution in [1.29, 1.82) is 0 Å². The van der Waals surface area contributed by atoms with E-state index in [2.05, 4.69) is 15.5 Å². The highest BCUT2D eigenvalue weighted by Gasteiger charge is 2.32. The van der Waals surface area contributed by atoms with E-state index < -0.39 is 11.2 Å². The molecular formula is C22H21Cl2N5O2S. The van der Waals surface area contributed by atoms with Gasteiger partial charge in [0.25, 0.3) is 0 Å². The van der Waals surface area contributed by atoms with Gasteiger partial charge in [-0.15, -0.1) is 10.2 Å². The average molecular weight is 490 g/mol. The summed E-state index contributed by atoms with van der Waals surface area (Å²) in [6.07, 6.45) is 2.25. The van der Waals surface area contributed by atoms with E-state index in [1.165, 1.54) is 11.8 Å². The van der Waals surface area contributed by atoms with Crippen molar-refractivity contribution in [2.45, 2.75) is 42.1 Å². The Morgan fingerprint density at radius 1 is 1.12 bits per heavy atom. The van der Waals surface area contributed by atoms with E-state index in [0.29, 0.717) is 33.4 Å². The number of aromatic nitrogens is 3. The van der Waals surface area contributed by atoms with Crippen LogP contribution in [0.5, 0.6) is 0 Å². The molecule has 10 heteroatoms. The highest BCUT2D eigenvalue weighted by molar-refractivity contribution is 8.00. The number of thioether (sulfide) groups is 1. The second kappa shape index (κ2) is 9.94. The predicted octanol–water partition coefficient (Wildman–Crippen LogP) is 4.81. The number of nitrogens with zero attached hydrogens (tertiary/aromatic N) is 3. The maximum absolute atomic E-state index is 13.3. The van der Waals surface area contributed by atoms with Crippen LogP contribution in [0.15, 0.2) is 53.7 Å². The van der Waals surface area contributed by atoms with E-state index in [1.807, 2.05) is 34.9 Å². The maximum atomic E-state index is 13.3. The molecular weight excluding hydrogens is 469 g/mol. The molecule has 1 aliphatic carbocycles. The second-order valence-electron chi connectivity index (χ2n) is 7.54. The van der Waals surface area contributed by atoms with Crippen molar-refractivity contribution in [1.82, 2.24) is 14.8 Å². The smallest absolute Gasteiger partial charge is 0.242 e. The summed E-state index contributed by atoms with van der Waals surface area (Å²) in [7, 11) is 0. The van der Waals surface area contributed by atoms with Gasteiger partial charge < -0.3 is 15.6 Å². The minimum absolute atomic E-state index is 0.175. The number of primary amides is 1. The molecule has 0 bridgehead atoms. The van der Waals surface area contributed by atoms with Gasteiger partial charge in [0.2, 0.25) is 11.8 Å². The molecule has 166 valence electrons. The Hall–Kier alpha value is -2.55. The van der Waals surface area contributed by atoms with Gasteiger partial charge in [-0.25, -0.2) is 0 Å². The molecule has 3 aromatic rings. The first-order valence-electron chi connectivity index (χ1n) is 10.1. The Kier molecular flexibility index (Phi) is 7.03. The Morgan fingerprint density at radius 2 is 1.81 bits per heavy atom. The fourth-order valence-electron chi connectivity index (χ4n) is 3.30. The van der Waals surface area contributed by atoms with Gasteiger partial charge in [0.05, 0.1) is 0 Å². The van der Waals surface area contributed by atoms with Gasteiger partial charge in [-0.3, -0.25) is 9.59 Å². The molecule has 0 spiro atoms. The quantitative estimate of drug-likeness (QED) is 0.419. The molecule has 1 saturated carbocycles. The van der Waals surface area contributed by atoms with E-state index in [0.717, 1.165) is 24.2 Å². The van der Waals surface area contributed by atoms with Gasteiger partial charge in [0.1, 0.15) is 11.1 Å². The lowest BCUT2D eigenvalue weighted by Crippen LogP contribution is -2.20. The van der Waals surface area contributed by atoms with Crippen LogP contribution in [-0.4, -0.2) is 26.6 Å². The monoisotopic (exact) mass is 489 g/mol. The van der Waals surface area contributed by atoms with Gasteiger partial charge >= 0.3 is 0 Å². The molecule has 0 aliphatic heterocycles. The number of hydrogen-bond acceptors (Lipinski definition) is 5. The van der Waals surface area contributed by atoms with Gasteiger partial charge in [-0.05, 0) is 36.6 Å². The molecule has 1 aliphatic rings. The summed E-state index contributed by atoms with van der Waals surface area (Å²) in [6.45, 7) is 0.379. The molecule has 7 nitrogen and oxygen atoms in total. The third-order valence-electron chi connectivity index (χ3n) is 4.96. The first kappa shape index (κ1) is 22.6. The van der Waals surface area contributed by atoms with Gasteiger partial charge in [0, 0.05) is 34.6 Å². The van der Waals surface area contributed by atoms with Crippen molar-refractivity contribution in [3.8, 4) is 0 Å². The largest absolute Gasteiger partial charge is 0.370 e. The summed E-state index contributed by atoms with van der Waals surface area (Å²) in [5, 5.41) is 12.4. The van der Waals surface area contributed by atoms with Gasteiger partial charge in [-0.2, -0.15) is 0 Å². The van der Waals surface area contributed by atoms with Crippen molar-refractivity contribution in [3.05, 3.63) is 70.0 Å². The second-order valence-corrected chi connectivity index (χ2v) is 9.48. The number of nitrogens with one attached hydrogen (secondary N) is 1. The van der Waals surface area contributed by atoms with Crippen LogP contribution >= 0.6 is 35.0 Å². The minimum atomic E-state index is -0.613. The van der Waals surface area contributed by atoms with Crippen LogP contribution in [0, 0.1) is 0 Å². The van der Waals surface area contributed by atoms with Crippen LogP contribution in [0.25, 0.3) is 0 Å². The SMILES string of the molecule is NC(=O)CCn1c(SC(C(=O)Nc2cc(Cl)cc(Cl)c2)c2ccccc2)nnc1C1CC1. The number of rotatable bonds is 9. The van der Waals surface area contributed by atoms with E-state index in [1.54, 1.807) is 18.2 Å². The summed E-state index contributed by atoms with van der Waals surface area (Å²) < 4.78 is 1.91. The van der Waals surface area contributed by atoms with E-state index in [9.17, 15) is 9.59 Å². The van der Waals surface area contributed by atoms with Crippen LogP contribution in [0.1, 0.15) is 41.8 Å².